The number of sulfonamides is 1. The van der Waals surface area contributed by atoms with E-state index in [0.29, 0.717) is 4.13 Å². The molecule has 2 N–H and O–H groups in total. The summed E-state index contributed by atoms with van der Waals surface area (Å²) in [5.74, 6) is -4.19. The first kappa shape index (κ1) is 28.9. The van der Waals surface area contributed by atoms with Crippen LogP contribution in [0.2, 0.25) is 0 Å². The summed E-state index contributed by atoms with van der Waals surface area (Å²) in [5.41, 5.74) is -5.85. The number of ether oxygens (including phenoxy) is 6. The van der Waals surface area contributed by atoms with Crippen LogP contribution in [0.25, 0.3) is 0 Å². The third-order valence-corrected chi connectivity index (χ3v) is 7.78. The topological polar surface area (TPSA) is 157 Å². The first-order valence-electron chi connectivity index (χ1n) is 10.5. The van der Waals surface area contributed by atoms with Gasteiger partial charge in [-0.3, -0.25) is 4.18 Å². The molecule has 4 heterocycles. The highest BCUT2D eigenvalue weighted by molar-refractivity contribution is 8.03. The number of fused-ring (bicyclic) bond motifs is 3. The zero-order valence-corrected chi connectivity index (χ0v) is 21.0. The summed E-state index contributed by atoms with van der Waals surface area (Å²) in [6.45, 7) is 8.97. The molecule has 18 heteroatoms. The molecule has 0 radical (unpaired) electrons. The van der Waals surface area contributed by atoms with E-state index in [9.17, 15) is 30.0 Å². The molecule has 0 aromatic heterocycles. The van der Waals surface area contributed by atoms with Gasteiger partial charge >= 0.3 is 25.8 Å². The standard InChI is InChI=1S/C13H20F3NO10S2.C4H9NO/c1-10(2)24-7-5-22-12(9(8(7)25-10)26-11(3,4)27-12)6-23-29(20,21)17-28(18,19)13(14,15)16;1-3-6-4-2-5-1/h7-9,17H,5-6H2,1-4H3;5H,1-4H2/t7?,8?,9?,12-;/m0./s1. The second-order valence-electron chi connectivity index (χ2n) is 8.91. The van der Waals surface area contributed by atoms with E-state index in [0.717, 1.165) is 26.3 Å². The zero-order chi connectivity index (χ0) is 26.3. The SMILES string of the molecule is C1COCCN1.CC1(C)OC2CO[C@@]3(COS(=O)(=O)NS(=O)(=O)C(F)(F)F)OC(C)(C)OC3C2O1. The van der Waals surface area contributed by atoms with Crippen molar-refractivity contribution in [2.24, 2.45) is 0 Å². The van der Waals surface area contributed by atoms with E-state index in [1.807, 2.05) is 0 Å². The second kappa shape index (κ2) is 9.90. The molecule has 4 atom stereocenters. The van der Waals surface area contributed by atoms with Crippen molar-refractivity contribution < 1.29 is 62.6 Å². The fraction of sp³-hybridized carbons (Fsp3) is 1.00. The Morgan fingerprint density at radius 1 is 1.00 bits per heavy atom. The Labute approximate surface area is 201 Å². The van der Waals surface area contributed by atoms with E-state index < -0.39 is 68.1 Å². The van der Waals surface area contributed by atoms with E-state index in [-0.39, 0.29) is 6.61 Å². The van der Waals surface area contributed by atoms with Gasteiger partial charge in [-0.05, 0) is 27.7 Å². The maximum atomic E-state index is 12.4. The Morgan fingerprint density at radius 3 is 2.14 bits per heavy atom. The number of hydrogen-bond acceptors (Lipinski definition) is 12. The molecule has 4 rings (SSSR count). The second-order valence-corrected chi connectivity index (χ2v) is 12.2. The van der Waals surface area contributed by atoms with Crippen molar-refractivity contribution in [3.8, 4) is 0 Å². The molecular formula is C17H29F3N2O11S2. The lowest BCUT2D eigenvalue weighted by Crippen LogP contribution is -2.61. The predicted molar refractivity (Wildman–Crippen MR) is 109 cm³/mol. The minimum Gasteiger partial charge on any atom is -0.379 e. The highest BCUT2D eigenvalue weighted by atomic mass is 32.3. The van der Waals surface area contributed by atoms with E-state index in [4.69, 9.17) is 28.4 Å². The summed E-state index contributed by atoms with van der Waals surface area (Å²) in [6, 6.07) is 0. The van der Waals surface area contributed by atoms with E-state index in [1.54, 1.807) is 13.8 Å². The van der Waals surface area contributed by atoms with Crippen molar-refractivity contribution in [3.05, 3.63) is 0 Å². The monoisotopic (exact) mass is 558 g/mol. The van der Waals surface area contributed by atoms with Crippen LogP contribution in [0.4, 0.5) is 13.2 Å². The van der Waals surface area contributed by atoms with Crippen LogP contribution in [-0.4, -0.2) is 97.5 Å². The molecule has 0 saturated carbocycles. The molecule has 4 saturated heterocycles. The lowest BCUT2D eigenvalue weighted by Gasteiger charge is -2.40. The Bertz CT molecular complexity index is 959. The van der Waals surface area contributed by atoms with Gasteiger partial charge in [-0.2, -0.15) is 21.6 Å². The van der Waals surface area contributed by atoms with E-state index in [2.05, 4.69) is 9.50 Å². The molecular weight excluding hydrogens is 529 g/mol. The zero-order valence-electron chi connectivity index (χ0n) is 19.4. The molecule has 206 valence electrons. The van der Waals surface area contributed by atoms with Crippen molar-refractivity contribution >= 4 is 20.3 Å². The number of nitrogens with one attached hydrogen (secondary N) is 2. The maximum Gasteiger partial charge on any atom is 0.512 e. The third kappa shape index (κ3) is 7.01. The molecule has 0 aromatic rings. The molecule has 0 spiro atoms. The van der Waals surface area contributed by atoms with Crippen molar-refractivity contribution in [3.63, 3.8) is 0 Å². The van der Waals surface area contributed by atoms with Crippen LogP contribution >= 0.6 is 0 Å². The van der Waals surface area contributed by atoms with Gasteiger partial charge < -0.3 is 33.7 Å². The molecule has 35 heavy (non-hydrogen) atoms. The Hall–Kier alpha value is -0.670. The van der Waals surface area contributed by atoms with E-state index in [1.165, 1.54) is 13.8 Å². The molecule has 0 amide bonds. The number of rotatable bonds is 5. The lowest BCUT2D eigenvalue weighted by atomic mass is 9.98. The molecule has 0 bridgehead atoms. The number of hydrogen-bond donors (Lipinski definition) is 2. The molecule has 3 unspecified atom stereocenters. The van der Waals surface area contributed by atoms with Crippen LogP contribution in [0.5, 0.6) is 0 Å². The van der Waals surface area contributed by atoms with Gasteiger partial charge in [-0.25, -0.2) is 8.42 Å². The van der Waals surface area contributed by atoms with Gasteiger partial charge in [0, 0.05) is 13.1 Å². The Balaban J connectivity index is 0.000000497. The molecule has 0 aromatic carbocycles. The molecule has 4 aliphatic heterocycles. The first-order chi connectivity index (χ1) is 15.9. The average Bonchev–Trinajstić information content (AvgIpc) is 3.18. The van der Waals surface area contributed by atoms with Gasteiger partial charge in [0.05, 0.1) is 19.8 Å². The van der Waals surface area contributed by atoms with Crippen LogP contribution < -0.4 is 9.44 Å². The fourth-order valence-electron chi connectivity index (χ4n) is 3.83. The van der Waals surface area contributed by atoms with Crippen molar-refractivity contribution in [1.82, 2.24) is 9.44 Å². The maximum absolute atomic E-state index is 12.4. The highest BCUT2D eigenvalue weighted by Gasteiger charge is 2.66. The van der Waals surface area contributed by atoms with Crippen LogP contribution in [0.3, 0.4) is 0 Å². The van der Waals surface area contributed by atoms with Gasteiger partial charge in [-0.15, -0.1) is 0 Å². The summed E-state index contributed by atoms with van der Waals surface area (Å²) in [4.78, 5) is 0. The van der Waals surface area contributed by atoms with Gasteiger partial charge in [0.15, 0.2) is 11.6 Å². The van der Waals surface area contributed by atoms with Gasteiger partial charge in [-0.1, -0.05) is 4.13 Å². The normalized spacial score (nSPS) is 34.4. The molecule has 4 aliphatic rings. The molecule has 13 nitrogen and oxygen atoms in total. The molecule has 4 fully saturated rings. The third-order valence-electron chi connectivity index (χ3n) is 5.05. The van der Waals surface area contributed by atoms with Crippen LogP contribution in [-0.2, 0) is 52.9 Å². The minimum atomic E-state index is -6.21. The lowest BCUT2D eigenvalue weighted by molar-refractivity contribution is -0.290. The number of alkyl halides is 3. The highest BCUT2D eigenvalue weighted by Crippen LogP contribution is 2.47. The van der Waals surface area contributed by atoms with Gasteiger partial charge in [0.1, 0.15) is 24.9 Å². The fourth-order valence-corrected chi connectivity index (χ4v) is 5.79. The van der Waals surface area contributed by atoms with Gasteiger partial charge in [0.2, 0.25) is 5.79 Å². The largest absolute Gasteiger partial charge is 0.512 e. The summed E-state index contributed by atoms with van der Waals surface area (Å²) < 4.78 is 121. The summed E-state index contributed by atoms with van der Waals surface area (Å²) in [6.07, 6.45) is -2.42. The van der Waals surface area contributed by atoms with E-state index >= 15 is 0 Å². The summed E-state index contributed by atoms with van der Waals surface area (Å²) >= 11 is 0. The minimum absolute atomic E-state index is 0.123. The van der Waals surface area contributed by atoms with Crippen molar-refractivity contribution in [2.45, 2.75) is 68.9 Å². The van der Waals surface area contributed by atoms with Crippen LogP contribution in [0.15, 0.2) is 0 Å². The quantitative estimate of drug-likeness (QED) is 0.454. The average molecular weight is 559 g/mol. The van der Waals surface area contributed by atoms with Crippen LogP contribution in [0.1, 0.15) is 27.7 Å². The predicted octanol–water partition coefficient (Wildman–Crippen LogP) is -0.309. The Kier molecular flexibility index (Phi) is 8.17. The number of morpholine rings is 1. The van der Waals surface area contributed by atoms with Crippen molar-refractivity contribution in [1.29, 1.82) is 0 Å². The summed E-state index contributed by atoms with van der Waals surface area (Å²) in [7, 11) is -11.6. The summed E-state index contributed by atoms with van der Waals surface area (Å²) in [5, 5.41) is 3.16. The van der Waals surface area contributed by atoms with Gasteiger partial charge in [0.25, 0.3) is 0 Å². The smallest absolute Gasteiger partial charge is 0.379 e. The van der Waals surface area contributed by atoms with Crippen LogP contribution in [0, 0.1) is 0 Å². The number of halogens is 3. The van der Waals surface area contributed by atoms with Crippen molar-refractivity contribution in [2.75, 3.05) is 39.5 Å². The molecule has 0 aliphatic carbocycles. The first-order valence-corrected chi connectivity index (χ1v) is 13.4. The Morgan fingerprint density at radius 2 is 1.63 bits per heavy atom.